The Balaban J connectivity index is 0.00000212. The molecule has 0 saturated heterocycles. The second-order valence-electron chi connectivity index (χ2n) is 14.5. The van der Waals surface area contributed by atoms with Crippen LogP contribution in [0.3, 0.4) is 0 Å². The van der Waals surface area contributed by atoms with Crippen molar-refractivity contribution in [1.29, 1.82) is 0 Å². The van der Waals surface area contributed by atoms with Crippen molar-refractivity contribution in [1.82, 2.24) is 19.5 Å². The molecule has 1 aliphatic rings. The van der Waals surface area contributed by atoms with Gasteiger partial charge in [-0.3, -0.25) is 0 Å². The number of terminal acetylenes is 1. The van der Waals surface area contributed by atoms with Gasteiger partial charge < -0.3 is 4.57 Å². The quantitative estimate of drug-likeness (QED) is 0.0780. The molecular weight excluding hydrogens is 765 g/mol. The minimum absolute atomic E-state index is 0.635. The zero-order valence-electron chi connectivity index (χ0n) is 38.7. The summed E-state index contributed by atoms with van der Waals surface area (Å²) < 4.78 is 2.35. The fraction of sp³-hybridized carbons (Fsp3) is 0.203. The number of aromatic nitrogens is 4. The van der Waals surface area contributed by atoms with E-state index in [1.807, 2.05) is 58.1 Å². The Bertz CT molecular complexity index is 2650. The van der Waals surface area contributed by atoms with Crippen molar-refractivity contribution in [2.24, 2.45) is 0 Å². The van der Waals surface area contributed by atoms with Crippen LogP contribution >= 0.6 is 0 Å². The van der Waals surface area contributed by atoms with Gasteiger partial charge >= 0.3 is 0 Å². The molecule has 4 heteroatoms. The Morgan fingerprint density at radius 1 is 0.778 bits per heavy atom. The van der Waals surface area contributed by atoms with Crippen molar-refractivity contribution in [3.63, 3.8) is 0 Å². The third-order valence-electron chi connectivity index (χ3n) is 10.6. The third kappa shape index (κ3) is 11.8. The summed E-state index contributed by atoms with van der Waals surface area (Å²) in [5, 5.41) is 1.19. The first-order valence-corrected chi connectivity index (χ1v) is 22.1. The maximum Gasteiger partial charge on any atom is 0.164 e. The van der Waals surface area contributed by atoms with E-state index in [9.17, 15) is 0 Å². The van der Waals surface area contributed by atoms with Gasteiger partial charge in [0, 0.05) is 33.5 Å². The normalized spacial score (nSPS) is 13.8. The van der Waals surface area contributed by atoms with Crippen LogP contribution in [0.2, 0.25) is 0 Å². The molecule has 0 atom stereocenters. The summed E-state index contributed by atoms with van der Waals surface area (Å²) in [6.07, 6.45) is 39.7. The average molecular weight is 829 g/mol. The lowest BCUT2D eigenvalue weighted by Gasteiger charge is -2.17. The molecule has 2 heterocycles. The smallest absolute Gasteiger partial charge is 0.164 e. The van der Waals surface area contributed by atoms with Crippen LogP contribution in [0.25, 0.3) is 56.3 Å². The first-order valence-electron chi connectivity index (χ1n) is 22.1. The van der Waals surface area contributed by atoms with Gasteiger partial charge in [0.05, 0.1) is 5.52 Å². The molecule has 0 bridgehead atoms. The Kier molecular flexibility index (Phi) is 19.3. The number of para-hydroxylation sites is 1. The first-order chi connectivity index (χ1) is 30.9. The predicted octanol–water partition coefficient (Wildman–Crippen LogP) is 16.5. The van der Waals surface area contributed by atoms with Crippen molar-refractivity contribution in [3.8, 4) is 41.0 Å². The van der Waals surface area contributed by atoms with Crippen LogP contribution in [0.15, 0.2) is 193 Å². The largest absolute Gasteiger partial charge is 0.310 e. The van der Waals surface area contributed by atoms with E-state index in [1.54, 1.807) is 0 Å². The monoisotopic (exact) mass is 829 g/mol. The maximum absolute atomic E-state index is 4.99. The molecule has 2 aromatic heterocycles. The summed E-state index contributed by atoms with van der Waals surface area (Å²) in [6.45, 7) is 24.7. The fourth-order valence-electron chi connectivity index (χ4n) is 7.69. The van der Waals surface area contributed by atoms with Gasteiger partial charge in [-0.2, -0.15) is 0 Å². The highest BCUT2D eigenvalue weighted by Gasteiger charge is 2.17. The summed E-state index contributed by atoms with van der Waals surface area (Å²) >= 11 is 0. The van der Waals surface area contributed by atoms with E-state index in [1.165, 1.54) is 22.1 Å². The molecule has 4 nitrogen and oxygen atoms in total. The van der Waals surface area contributed by atoms with E-state index >= 15 is 0 Å². The molecule has 320 valence electrons. The van der Waals surface area contributed by atoms with Crippen molar-refractivity contribution in [3.05, 3.63) is 210 Å². The summed E-state index contributed by atoms with van der Waals surface area (Å²) in [5.41, 5.74) is 14.3. The molecule has 0 radical (unpaired) electrons. The van der Waals surface area contributed by atoms with E-state index in [2.05, 4.69) is 186 Å². The predicted molar refractivity (Wildman–Crippen MR) is 276 cm³/mol. The number of hydrogen-bond donors (Lipinski definition) is 0. The Hall–Kier alpha value is -7.09. The summed E-state index contributed by atoms with van der Waals surface area (Å²) in [4.78, 5) is 14.9. The molecule has 0 amide bonds. The lowest BCUT2D eigenvalue weighted by Crippen LogP contribution is -2.05. The van der Waals surface area contributed by atoms with Crippen molar-refractivity contribution in [2.45, 2.75) is 81.1 Å². The minimum atomic E-state index is 0.635. The molecule has 6 rings (SSSR count). The van der Waals surface area contributed by atoms with Crippen LogP contribution in [-0.2, 0) is 0 Å². The van der Waals surface area contributed by atoms with Crippen LogP contribution in [0.4, 0.5) is 0 Å². The second-order valence-corrected chi connectivity index (χ2v) is 14.5. The topological polar surface area (TPSA) is 43.6 Å². The number of allylic oxidation sites excluding steroid dienone is 19. The zero-order valence-corrected chi connectivity index (χ0v) is 38.7. The van der Waals surface area contributed by atoms with Gasteiger partial charge in [0.1, 0.15) is 0 Å². The van der Waals surface area contributed by atoms with E-state index in [0.717, 1.165) is 81.6 Å². The molecule has 0 unspecified atom stereocenters. The zero-order chi connectivity index (χ0) is 45.7. The van der Waals surface area contributed by atoms with E-state index in [-0.39, 0.29) is 0 Å². The van der Waals surface area contributed by atoms with Crippen molar-refractivity contribution >= 4 is 28.1 Å². The number of fused-ring (bicyclic) bond motifs is 1. The van der Waals surface area contributed by atoms with Gasteiger partial charge in [0.2, 0.25) is 0 Å². The van der Waals surface area contributed by atoms with Crippen molar-refractivity contribution in [2.75, 3.05) is 0 Å². The molecule has 0 fully saturated rings. The van der Waals surface area contributed by atoms with Gasteiger partial charge in [-0.15, -0.1) is 12.8 Å². The molecule has 0 N–H and O–H groups in total. The Morgan fingerprint density at radius 3 is 2.02 bits per heavy atom. The summed E-state index contributed by atoms with van der Waals surface area (Å²) in [6, 6.07) is 28.2. The number of nitrogens with zero attached hydrogens (tertiary/aromatic N) is 4. The summed E-state index contributed by atoms with van der Waals surface area (Å²) in [5.74, 6) is 1.93. The molecule has 3 aromatic carbocycles. The van der Waals surface area contributed by atoms with Crippen molar-refractivity contribution < 1.29 is 0 Å². The van der Waals surface area contributed by atoms with Gasteiger partial charge in [-0.05, 0) is 118 Å². The lowest BCUT2D eigenvalue weighted by molar-refractivity contribution is 0.903. The second kappa shape index (κ2) is 25.0. The Labute approximate surface area is 378 Å². The average Bonchev–Trinajstić information content (AvgIpc) is 3.70. The molecule has 0 spiro atoms. The van der Waals surface area contributed by atoms with Crippen LogP contribution in [-0.4, -0.2) is 19.5 Å². The number of hydrogen-bond acceptors (Lipinski definition) is 3. The number of benzene rings is 3. The molecule has 5 aromatic rings. The highest BCUT2D eigenvalue weighted by atomic mass is 15.0. The number of rotatable bonds is 15. The highest BCUT2D eigenvalue weighted by molar-refractivity contribution is 5.87. The van der Waals surface area contributed by atoms with Crippen LogP contribution in [0, 0.1) is 12.8 Å². The van der Waals surface area contributed by atoms with Gasteiger partial charge in [0.15, 0.2) is 17.5 Å². The lowest BCUT2D eigenvalue weighted by atomic mass is 9.88. The Morgan fingerprint density at radius 2 is 1.43 bits per heavy atom. The highest BCUT2D eigenvalue weighted by Crippen LogP contribution is 2.34. The molecule has 0 saturated carbocycles. The summed E-state index contributed by atoms with van der Waals surface area (Å²) in [7, 11) is 0. The molecule has 63 heavy (non-hydrogen) atoms. The van der Waals surface area contributed by atoms with E-state index < -0.39 is 0 Å². The standard InChI is InChI=1S/C55H56N4.C2H6.C2H2/c1-9-21-39(8)49(14-6)55-57-53(40(13-5)22-10-2)56-54(58-55)44-31-29-41(30-32-44)42-33-35-47(36-34-42)59-48(38-46-27-19-20-28-52(46)59)37-45(23-11-3)51(24-12-4)50(15-7)43-25-17-16-18-26-43;2*1-2/h10-15,17,19-20,22-38H,4,6,9,16,18,21H2,1-3,5,7-8H3;1-2H3;1-2H/b22-10-,23-11-,40-13+,45-37+,49-39+,50-15-,51-24-;;. The first kappa shape index (κ1) is 48.6. The van der Waals surface area contributed by atoms with Crippen LogP contribution < -0.4 is 0 Å². The van der Waals surface area contributed by atoms with Crippen LogP contribution in [0.1, 0.15) is 98.4 Å². The maximum atomic E-state index is 4.99. The SMILES string of the molecule is C#C.C=C/C=C(C(=C/C)\C1=CCCC=C1)/C(/C=C\C)=C/c1cc2ccccc2n1-c1ccc(-c2ccc(-c3nc(C(/C=C\C)=C/C)nc(/C(C=C)=C(\C)CCC)n3)cc2)cc1.CC. The van der Waals surface area contributed by atoms with E-state index in [0.29, 0.717) is 17.5 Å². The fourth-order valence-corrected chi connectivity index (χ4v) is 7.69. The third-order valence-corrected chi connectivity index (χ3v) is 10.6. The molecular formula is C59H64N4. The van der Waals surface area contributed by atoms with Gasteiger partial charge in [0.25, 0.3) is 0 Å². The molecule has 1 aliphatic carbocycles. The van der Waals surface area contributed by atoms with Crippen LogP contribution in [0.5, 0.6) is 0 Å². The molecule has 0 aliphatic heterocycles. The van der Waals surface area contributed by atoms with Gasteiger partial charge in [-0.1, -0.05) is 173 Å². The minimum Gasteiger partial charge on any atom is -0.310 e. The van der Waals surface area contributed by atoms with E-state index in [4.69, 9.17) is 15.0 Å². The van der Waals surface area contributed by atoms with Gasteiger partial charge in [-0.25, -0.2) is 15.0 Å².